The monoisotopic (exact) mass is 205 g/mol. The summed E-state index contributed by atoms with van der Waals surface area (Å²) in [5.74, 6) is 0. The van der Waals surface area contributed by atoms with E-state index in [1.54, 1.807) is 4.90 Å². The van der Waals surface area contributed by atoms with Crippen LogP contribution in [0.25, 0.3) is 0 Å². The van der Waals surface area contributed by atoms with Crippen LogP contribution in [0.5, 0.6) is 0 Å². The predicted molar refractivity (Wildman–Crippen MR) is 59.3 cm³/mol. The molecule has 0 saturated carbocycles. The third kappa shape index (κ3) is 2.03. The Hall–Kier alpha value is -1.71. The maximum atomic E-state index is 11.6. The molecular formula is C11H15N3O. The fourth-order valence-corrected chi connectivity index (χ4v) is 1.69. The minimum absolute atomic E-state index is 0.104. The van der Waals surface area contributed by atoms with Crippen molar-refractivity contribution in [3.8, 4) is 0 Å². The Morgan fingerprint density at radius 1 is 1.27 bits per heavy atom. The zero-order valence-electron chi connectivity index (χ0n) is 8.81. The molecule has 0 aromatic heterocycles. The molecule has 1 heterocycles. The molecule has 1 aromatic carbocycles. The van der Waals surface area contributed by atoms with Crippen molar-refractivity contribution in [2.24, 2.45) is 0 Å². The Balaban J connectivity index is 2.03. The van der Waals surface area contributed by atoms with Crippen molar-refractivity contribution < 1.29 is 4.79 Å². The standard InChI is InChI=1S/C11H15N3O/c1-13-6-7-14(11(13)15)8-9-2-4-10(12)5-3-9/h2-5H,6-8,12H2,1H3. The molecule has 4 nitrogen and oxygen atoms in total. The van der Waals surface area contributed by atoms with Gasteiger partial charge in [-0.1, -0.05) is 12.1 Å². The molecule has 2 amide bonds. The van der Waals surface area contributed by atoms with Crippen molar-refractivity contribution in [1.29, 1.82) is 0 Å². The molecule has 0 spiro atoms. The van der Waals surface area contributed by atoms with E-state index < -0.39 is 0 Å². The summed E-state index contributed by atoms with van der Waals surface area (Å²) < 4.78 is 0. The molecule has 2 N–H and O–H groups in total. The largest absolute Gasteiger partial charge is 0.399 e. The van der Waals surface area contributed by atoms with E-state index in [0.717, 1.165) is 24.3 Å². The van der Waals surface area contributed by atoms with Gasteiger partial charge in [-0.3, -0.25) is 0 Å². The molecule has 1 fully saturated rings. The second-order valence-corrected chi connectivity index (χ2v) is 3.87. The van der Waals surface area contributed by atoms with Gasteiger partial charge in [0.15, 0.2) is 0 Å². The number of nitrogens with zero attached hydrogens (tertiary/aromatic N) is 2. The highest BCUT2D eigenvalue weighted by atomic mass is 16.2. The lowest BCUT2D eigenvalue weighted by Crippen LogP contribution is -2.28. The van der Waals surface area contributed by atoms with Crippen LogP contribution < -0.4 is 5.73 Å². The molecule has 0 aliphatic carbocycles. The number of urea groups is 1. The molecule has 0 radical (unpaired) electrons. The Kier molecular flexibility index (Phi) is 2.49. The second-order valence-electron chi connectivity index (χ2n) is 3.87. The lowest BCUT2D eigenvalue weighted by molar-refractivity contribution is 0.197. The summed E-state index contributed by atoms with van der Waals surface area (Å²) in [5.41, 5.74) is 7.47. The second kappa shape index (κ2) is 3.81. The van der Waals surface area contributed by atoms with Crippen LogP contribution in [0.2, 0.25) is 0 Å². The SMILES string of the molecule is CN1CCN(Cc2ccc(N)cc2)C1=O. The summed E-state index contributed by atoms with van der Waals surface area (Å²) in [4.78, 5) is 15.2. The van der Waals surface area contributed by atoms with E-state index in [0.29, 0.717) is 6.54 Å². The van der Waals surface area contributed by atoms with Crippen LogP contribution in [0.4, 0.5) is 10.5 Å². The number of benzene rings is 1. The first-order valence-corrected chi connectivity index (χ1v) is 5.01. The molecule has 0 bridgehead atoms. The Morgan fingerprint density at radius 2 is 1.93 bits per heavy atom. The van der Waals surface area contributed by atoms with Gasteiger partial charge in [-0.05, 0) is 17.7 Å². The Morgan fingerprint density at radius 3 is 2.47 bits per heavy atom. The third-order valence-electron chi connectivity index (χ3n) is 2.66. The Bertz CT molecular complexity index is 361. The van der Waals surface area contributed by atoms with E-state index >= 15 is 0 Å². The number of anilines is 1. The van der Waals surface area contributed by atoms with Crippen LogP contribution in [0, 0.1) is 0 Å². The summed E-state index contributed by atoms with van der Waals surface area (Å²) in [6.07, 6.45) is 0. The van der Waals surface area contributed by atoms with Crippen molar-refractivity contribution in [1.82, 2.24) is 9.80 Å². The first-order chi connectivity index (χ1) is 7.16. The number of rotatable bonds is 2. The van der Waals surface area contributed by atoms with Crippen LogP contribution in [-0.2, 0) is 6.54 Å². The molecule has 1 aliphatic heterocycles. The summed E-state index contributed by atoms with van der Waals surface area (Å²) in [7, 11) is 1.82. The van der Waals surface area contributed by atoms with E-state index in [2.05, 4.69) is 0 Å². The van der Waals surface area contributed by atoms with Gasteiger partial charge in [0.05, 0.1) is 0 Å². The molecule has 0 atom stereocenters. The molecule has 0 unspecified atom stereocenters. The number of carbonyl (C=O) groups is 1. The van der Waals surface area contributed by atoms with E-state index in [1.165, 1.54) is 0 Å². The predicted octanol–water partition coefficient (Wildman–Crippen LogP) is 1.14. The molecular weight excluding hydrogens is 190 g/mol. The highest BCUT2D eigenvalue weighted by Gasteiger charge is 2.24. The summed E-state index contributed by atoms with van der Waals surface area (Å²) in [6, 6.07) is 7.74. The number of hydrogen-bond donors (Lipinski definition) is 1. The molecule has 2 rings (SSSR count). The van der Waals surface area contributed by atoms with Gasteiger partial charge in [-0.15, -0.1) is 0 Å². The number of nitrogen functional groups attached to an aromatic ring is 1. The molecule has 80 valence electrons. The van der Waals surface area contributed by atoms with Crippen LogP contribution in [0.1, 0.15) is 5.56 Å². The normalized spacial score (nSPS) is 16.2. The van der Waals surface area contributed by atoms with Crippen LogP contribution in [0.15, 0.2) is 24.3 Å². The highest BCUT2D eigenvalue weighted by molar-refractivity contribution is 5.76. The minimum Gasteiger partial charge on any atom is -0.399 e. The van der Waals surface area contributed by atoms with E-state index in [-0.39, 0.29) is 6.03 Å². The fraction of sp³-hybridized carbons (Fsp3) is 0.364. The summed E-state index contributed by atoms with van der Waals surface area (Å²) in [5, 5.41) is 0. The number of hydrogen-bond acceptors (Lipinski definition) is 2. The highest BCUT2D eigenvalue weighted by Crippen LogP contribution is 2.13. The first-order valence-electron chi connectivity index (χ1n) is 5.01. The minimum atomic E-state index is 0.104. The van der Waals surface area contributed by atoms with Crippen molar-refractivity contribution in [3.05, 3.63) is 29.8 Å². The smallest absolute Gasteiger partial charge is 0.320 e. The van der Waals surface area contributed by atoms with Crippen molar-refractivity contribution in [3.63, 3.8) is 0 Å². The van der Waals surface area contributed by atoms with Gasteiger partial charge >= 0.3 is 6.03 Å². The third-order valence-corrected chi connectivity index (χ3v) is 2.66. The quantitative estimate of drug-likeness (QED) is 0.736. The molecule has 15 heavy (non-hydrogen) atoms. The molecule has 1 saturated heterocycles. The average molecular weight is 205 g/mol. The number of likely N-dealkylation sites (N-methyl/N-ethyl adjacent to an activating group) is 1. The van der Waals surface area contributed by atoms with Gasteiger partial charge in [0.25, 0.3) is 0 Å². The van der Waals surface area contributed by atoms with Crippen molar-refractivity contribution >= 4 is 11.7 Å². The van der Waals surface area contributed by atoms with Gasteiger partial charge in [-0.25, -0.2) is 4.79 Å². The van der Waals surface area contributed by atoms with Gasteiger partial charge in [-0.2, -0.15) is 0 Å². The summed E-state index contributed by atoms with van der Waals surface area (Å²) >= 11 is 0. The lowest BCUT2D eigenvalue weighted by atomic mass is 10.2. The molecule has 1 aliphatic rings. The fourth-order valence-electron chi connectivity index (χ4n) is 1.69. The van der Waals surface area contributed by atoms with Gasteiger partial charge in [0, 0.05) is 32.4 Å². The first kappa shape index (κ1) is 9.83. The van der Waals surface area contributed by atoms with Gasteiger partial charge in [0.2, 0.25) is 0 Å². The maximum Gasteiger partial charge on any atom is 0.320 e. The topological polar surface area (TPSA) is 49.6 Å². The van der Waals surface area contributed by atoms with Crippen LogP contribution in [0.3, 0.4) is 0 Å². The van der Waals surface area contributed by atoms with E-state index in [9.17, 15) is 4.79 Å². The molecule has 4 heteroatoms. The van der Waals surface area contributed by atoms with Gasteiger partial charge < -0.3 is 15.5 Å². The number of amides is 2. The zero-order chi connectivity index (χ0) is 10.8. The Labute approximate surface area is 89.3 Å². The van der Waals surface area contributed by atoms with E-state index in [1.807, 2.05) is 36.2 Å². The number of nitrogens with two attached hydrogens (primary N) is 1. The van der Waals surface area contributed by atoms with Crippen molar-refractivity contribution in [2.75, 3.05) is 25.9 Å². The zero-order valence-corrected chi connectivity index (χ0v) is 8.81. The van der Waals surface area contributed by atoms with Crippen molar-refractivity contribution in [2.45, 2.75) is 6.54 Å². The lowest BCUT2D eigenvalue weighted by Gasteiger charge is -2.15. The molecule has 1 aromatic rings. The average Bonchev–Trinajstić information content (AvgIpc) is 2.53. The van der Waals surface area contributed by atoms with Crippen LogP contribution in [-0.4, -0.2) is 36.0 Å². The van der Waals surface area contributed by atoms with Gasteiger partial charge in [0.1, 0.15) is 0 Å². The summed E-state index contributed by atoms with van der Waals surface area (Å²) in [6.45, 7) is 2.29. The maximum absolute atomic E-state index is 11.6. The number of carbonyl (C=O) groups excluding carboxylic acids is 1. The van der Waals surface area contributed by atoms with E-state index in [4.69, 9.17) is 5.73 Å². The van der Waals surface area contributed by atoms with Crippen LogP contribution >= 0.6 is 0 Å².